The van der Waals surface area contributed by atoms with E-state index in [0.717, 1.165) is 24.1 Å². The van der Waals surface area contributed by atoms with E-state index in [1.54, 1.807) is 12.1 Å². The summed E-state index contributed by atoms with van der Waals surface area (Å²) < 4.78 is 0. The van der Waals surface area contributed by atoms with Gasteiger partial charge in [-0.3, -0.25) is 0 Å². The van der Waals surface area contributed by atoms with Crippen LogP contribution in [0.1, 0.15) is 35.2 Å². The molecule has 1 aromatic carbocycles. The predicted octanol–water partition coefficient (Wildman–Crippen LogP) is 3.39. The lowest BCUT2D eigenvalue weighted by Gasteiger charge is -2.18. The minimum absolute atomic E-state index is 0.377. The molecule has 0 saturated heterocycles. The van der Waals surface area contributed by atoms with Gasteiger partial charge in [0.25, 0.3) is 0 Å². The summed E-state index contributed by atoms with van der Waals surface area (Å²) in [6, 6.07) is 5.82. The summed E-state index contributed by atoms with van der Waals surface area (Å²) in [7, 11) is 0. The van der Waals surface area contributed by atoms with Gasteiger partial charge in [-0.1, -0.05) is 12.1 Å². The van der Waals surface area contributed by atoms with Crippen molar-refractivity contribution in [2.75, 3.05) is 11.6 Å². The van der Waals surface area contributed by atoms with Gasteiger partial charge in [0.05, 0.1) is 11.3 Å². The molecule has 0 bridgehead atoms. The summed E-state index contributed by atoms with van der Waals surface area (Å²) in [4.78, 5) is 11.2. The summed E-state index contributed by atoms with van der Waals surface area (Å²) in [5.74, 6) is -0.861. The standard InChI is InChI=1S/C14H19NO2S/c1-9-4-3-5-12(14(16)17)13(9)15-10-6-7-11(8-10)18-2/h3-5,10-11,15H,6-8H2,1-2H3,(H,16,17). The molecule has 2 atom stereocenters. The van der Waals surface area contributed by atoms with Crippen molar-refractivity contribution in [3.63, 3.8) is 0 Å². The summed E-state index contributed by atoms with van der Waals surface area (Å²) in [6.07, 6.45) is 5.60. The van der Waals surface area contributed by atoms with Crippen LogP contribution < -0.4 is 5.32 Å². The maximum atomic E-state index is 11.2. The number of aromatic carboxylic acids is 1. The second kappa shape index (κ2) is 5.65. The summed E-state index contributed by atoms with van der Waals surface area (Å²) in [6.45, 7) is 1.95. The number of nitrogens with one attached hydrogen (secondary N) is 1. The molecule has 98 valence electrons. The van der Waals surface area contributed by atoms with Crippen molar-refractivity contribution in [3.05, 3.63) is 29.3 Å². The molecule has 1 fully saturated rings. The van der Waals surface area contributed by atoms with Crippen LogP contribution in [-0.2, 0) is 0 Å². The van der Waals surface area contributed by atoms with E-state index in [9.17, 15) is 9.90 Å². The molecule has 2 N–H and O–H groups in total. The summed E-state index contributed by atoms with van der Waals surface area (Å²) in [5, 5.41) is 13.4. The van der Waals surface area contributed by atoms with Crippen LogP contribution in [0.25, 0.3) is 0 Å². The fourth-order valence-corrected chi connectivity index (χ4v) is 3.32. The zero-order valence-electron chi connectivity index (χ0n) is 10.8. The number of carboxylic acids is 1. The molecule has 0 aliphatic heterocycles. The molecule has 0 radical (unpaired) electrons. The predicted molar refractivity (Wildman–Crippen MR) is 76.7 cm³/mol. The minimum atomic E-state index is -0.861. The zero-order chi connectivity index (χ0) is 13.1. The van der Waals surface area contributed by atoms with Gasteiger partial charge < -0.3 is 10.4 Å². The van der Waals surface area contributed by atoms with Crippen molar-refractivity contribution < 1.29 is 9.90 Å². The van der Waals surface area contributed by atoms with Crippen LogP contribution in [0, 0.1) is 6.92 Å². The van der Waals surface area contributed by atoms with Gasteiger partial charge >= 0.3 is 5.97 Å². The van der Waals surface area contributed by atoms with E-state index in [0.29, 0.717) is 16.9 Å². The Morgan fingerprint density at radius 2 is 2.22 bits per heavy atom. The molecule has 0 spiro atoms. The smallest absolute Gasteiger partial charge is 0.337 e. The second-order valence-corrected chi connectivity index (χ2v) is 5.95. The number of benzene rings is 1. The number of thioether (sulfide) groups is 1. The molecule has 2 unspecified atom stereocenters. The van der Waals surface area contributed by atoms with Crippen LogP contribution in [0.5, 0.6) is 0 Å². The Morgan fingerprint density at radius 3 is 2.83 bits per heavy atom. The Kier molecular flexibility index (Phi) is 4.17. The highest BCUT2D eigenvalue weighted by Gasteiger charge is 2.25. The van der Waals surface area contributed by atoms with Crippen LogP contribution in [0.3, 0.4) is 0 Å². The average Bonchev–Trinajstić information content (AvgIpc) is 2.79. The number of hydrogen-bond donors (Lipinski definition) is 2. The highest BCUT2D eigenvalue weighted by molar-refractivity contribution is 7.99. The number of hydrogen-bond acceptors (Lipinski definition) is 3. The number of aryl methyl sites for hydroxylation is 1. The van der Waals surface area contributed by atoms with E-state index < -0.39 is 5.97 Å². The molecular weight excluding hydrogens is 246 g/mol. The molecule has 2 rings (SSSR count). The average molecular weight is 265 g/mol. The zero-order valence-corrected chi connectivity index (χ0v) is 11.6. The van der Waals surface area contributed by atoms with E-state index in [2.05, 4.69) is 11.6 Å². The first kappa shape index (κ1) is 13.3. The Morgan fingerprint density at radius 1 is 1.44 bits per heavy atom. The summed E-state index contributed by atoms with van der Waals surface area (Å²) in [5.41, 5.74) is 2.17. The van der Waals surface area contributed by atoms with Gasteiger partial charge in [-0.15, -0.1) is 0 Å². The lowest BCUT2D eigenvalue weighted by atomic mass is 10.1. The number of carbonyl (C=O) groups is 1. The molecule has 1 saturated carbocycles. The molecule has 0 aromatic heterocycles. The lowest BCUT2D eigenvalue weighted by molar-refractivity contribution is 0.0698. The summed E-state index contributed by atoms with van der Waals surface area (Å²) >= 11 is 1.91. The van der Waals surface area contributed by atoms with Gasteiger partial charge in [0.2, 0.25) is 0 Å². The van der Waals surface area contributed by atoms with Gasteiger partial charge in [0, 0.05) is 11.3 Å². The van der Waals surface area contributed by atoms with Crippen molar-refractivity contribution in [2.24, 2.45) is 0 Å². The van der Waals surface area contributed by atoms with Crippen LogP contribution >= 0.6 is 11.8 Å². The fourth-order valence-electron chi connectivity index (χ4n) is 2.53. The van der Waals surface area contributed by atoms with Crippen molar-refractivity contribution >= 4 is 23.4 Å². The lowest BCUT2D eigenvalue weighted by Crippen LogP contribution is -2.19. The normalized spacial score (nSPS) is 23.0. The first-order valence-electron chi connectivity index (χ1n) is 6.24. The topological polar surface area (TPSA) is 49.3 Å². The van der Waals surface area contributed by atoms with Crippen LogP contribution in [0.4, 0.5) is 5.69 Å². The van der Waals surface area contributed by atoms with Crippen molar-refractivity contribution in [2.45, 2.75) is 37.5 Å². The molecule has 1 aromatic rings. The number of rotatable bonds is 4. The highest BCUT2D eigenvalue weighted by Crippen LogP contribution is 2.32. The van der Waals surface area contributed by atoms with Crippen LogP contribution in [0.15, 0.2) is 18.2 Å². The third kappa shape index (κ3) is 2.80. The first-order chi connectivity index (χ1) is 8.61. The number of para-hydroxylation sites is 1. The third-order valence-corrected chi connectivity index (χ3v) is 4.66. The van der Waals surface area contributed by atoms with Gasteiger partial charge in [-0.2, -0.15) is 11.8 Å². The number of carboxylic acid groups (broad SMARTS) is 1. The van der Waals surface area contributed by atoms with Gasteiger partial charge in [-0.25, -0.2) is 4.79 Å². The molecule has 1 aliphatic carbocycles. The van der Waals surface area contributed by atoms with Crippen LogP contribution in [0.2, 0.25) is 0 Å². The molecule has 0 amide bonds. The van der Waals surface area contributed by atoms with Crippen molar-refractivity contribution in [3.8, 4) is 0 Å². The molecule has 0 heterocycles. The van der Waals surface area contributed by atoms with Gasteiger partial charge in [-0.05, 0) is 44.1 Å². The monoisotopic (exact) mass is 265 g/mol. The van der Waals surface area contributed by atoms with Crippen molar-refractivity contribution in [1.29, 1.82) is 0 Å². The minimum Gasteiger partial charge on any atom is -0.478 e. The van der Waals surface area contributed by atoms with E-state index in [-0.39, 0.29) is 0 Å². The van der Waals surface area contributed by atoms with Gasteiger partial charge in [0.15, 0.2) is 0 Å². The Hall–Kier alpha value is -1.16. The quantitative estimate of drug-likeness (QED) is 0.876. The maximum Gasteiger partial charge on any atom is 0.337 e. The second-order valence-electron chi connectivity index (χ2n) is 4.81. The molecule has 18 heavy (non-hydrogen) atoms. The van der Waals surface area contributed by atoms with E-state index >= 15 is 0 Å². The molecule has 1 aliphatic rings. The highest BCUT2D eigenvalue weighted by atomic mass is 32.2. The molecular formula is C14H19NO2S. The van der Waals surface area contributed by atoms with Gasteiger partial charge in [0.1, 0.15) is 0 Å². The van der Waals surface area contributed by atoms with E-state index in [1.165, 1.54) is 6.42 Å². The Labute approximate surface area is 112 Å². The first-order valence-corrected chi connectivity index (χ1v) is 7.53. The molecule has 3 nitrogen and oxygen atoms in total. The Bertz CT molecular complexity index is 447. The Balaban J connectivity index is 2.16. The van der Waals surface area contributed by atoms with Crippen LogP contribution in [-0.4, -0.2) is 28.6 Å². The molecule has 4 heteroatoms. The largest absolute Gasteiger partial charge is 0.478 e. The third-order valence-electron chi connectivity index (χ3n) is 3.57. The number of anilines is 1. The van der Waals surface area contributed by atoms with E-state index in [4.69, 9.17) is 0 Å². The van der Waals surface area contributed by atoms with Crippen molar-refractivity contribution in [1.82, 2.24) is 0 Å². The maximum absolute atomic E-state index is 11.2. The van der Waals surface area contributed by atoms with E-state index in [1.807, 2.05) is 24.8 Å². The SMILES string of the molecule is CSC1CCC(Nc2c(C)cccc2C(=O)O)C1. The fraction of sp³-hybridized carbons (Fsp3) is 0.500.